The first-order valence-electron chi connectivity index (χ1n) is 3.17. The first-order valence-corrected chi connectivity index (χ1v) is 3.96. The van der Waals surface area contributed by atoms with Gasteiger partial charge in [-0.3, -0.25) is 4.79 Å². The number of aldehydes is 1. The van der Waals surface area contributed by atoms with Crippen LogP contribution in [0.3, 0.4) is 0 Å². The van der Waals surface area contributed by atoms with Gasteiger partial charge in [0.1, 0.15) is 5.52 Å². The third kappa shape index (κ3) is 1.12. The summed E-state index contributed by atoms with van der Waals surface area (Å²) >= 11 is 3.23. The maximum absolute atomic E-state index is 10.3. The maximum atomic E-state index is 10.3. The maximum Gasteiger partial charge on any atom is 0.262 e. The molecule has 0 N–H and O–H groups in total. The molecule has 2 aromatic heterocycles. The number of hydrogen-bond donors (Lipinski definition) is 0. The first-order chi connectivity index (χ1) is 5.79. The van der Waals surface area contributed by atoms with Gasteiger partial charge in [-0.25, -0.2) is 9.97 Å². The molecular formula is C7H3BrN2O2. The number of pyridine rings is 1. The van der Waals surface area contributed by atoms with Crippen LogP contribution < -0.4 is 0 Å². The van der Waals surface area contributed by atoms with Crippen molar-refractivity contribution >= 4 is 33.4 Å². The van der Waals surface area contributed by atoms with Gasteiger partial charge in [-0.1, -0.05) is 0 Å². The van der Waals surface area contributed by atoms with Crippen molar-refractivity contribution in [3.05, 3.63) is 22.6 Å². The summed E-state index contributed by atoms with van der Waals surface area (Å²) in [5.41, 5.74) is 0.951. The Bertz CT molecular complexity index is 438. The van der Waals surface area contributed by atoms with Crippen molar-refractivity contribution in [2.75, 3.05) is 0 Å². The number of halogens is 1. The molecular weight excluding hydrogens is 224 g/mol. The zero-order valence-corrected chi connectivity index (χ0v) is 7.41. The Morgan fingerprint density at radius 1 is 1.58 bits per heavy atom. The molecule has 2 heterocycles. The smallest absolute Gasteiger partial charge is 0.262 e. The summed E-state index contributed by atoms with van der Waals surface area (Å²) in [6.45, 7) is 0. The van der Waals surface area contributed by atoms with Gasteiger partial charge in [0.2, 0.25) is 12.0 Å². The monoisotopic (exact) mass is 226 g/mol. The standard InChI is InChI=1S/C7H3BrN2O2/c8-4-1-5-7(9-2-4)12-6(3-11)10-5/h1-3H. The highest BCUT2D eigenvalue weighted by Gasteiger charge is 2.04. The molecule has 2 rings (SSSR count). The van der Waals surface area contributed by atoms with E-state index in [1.54, 1.807) is 12.3 Å². The molecule has 0 aliphatic carbocycles. The summed E-state index contributed by atoms with van der Waals surface area (Å²) in [7, 11) is 0. The molecule has 0 aliphatic rings. The fourth-order valence-electron chi connectivity index (χ4n) is 0.866. The average Bonchev–Trinajstić information content (AvgIpc) is 2.46. The van der Waals surface area contributed by atoms with E-state index in [0.29, 0.717) is 17.5 Å². The number of rotatable bonds is 1. The Labute approximate surface area is 75.7 Å². The molecule has 0 saturated heterocycles. The molecule has 60 valence electrons. The fourth-order valence-corrected chi connectivity index (χ4v) is 1.18. The van der Waals surface area contributed by atoms with E-state index < -0.39 is 0 Å². The van der Waals surface area contributed by atoms with E-state index in [2.05, 4.69) is 25.9 Å². The number of hydrogen-bond acceptors (Lipinski definition) is 4. The molecule has 12 heavy (non-hydrogen) atoms. The van der Waals surface area contributed by atoms with Crippen molar-refractivity contribution in [2.24, 2.45) is 0 Å². The molecule has 2 aromatic rings. The van der Waals surface area contributed by atoms with Gasteiger partial charge >= 0.3 is 0 Å². The number of carbonyl (C=O) groups is 1. The van der Waals surface area contributed by atoms with Crippen molar-refractivity contribution in [1.29, 1.82) is 0 Å². The quantitative estimate of drug-likeness (QED) is 0.697. The zero-order valence-electron chi connectivity index (χ0n) is 5.82. The van der Waals surface area contributed by atoms with Gasteiger partial charge in [0.25, 0.3) is 5.89 Å². The van der Waals surface area contributed by atoms with Gasteiger partial charge in [-0.05, 0) is 22.0 Å². The summed E-state index contributed by atoms with van der Waals surface area (Å²) in [6, 6.07) is 1.73. The predicted octanol–water partition coefficient (Wildman–Crippen LogP) is 1.80. The van der Waals surface area contributed by atoms with Crippen molar-refractivity contribution < 1.29 is 9.21 Å². The van der Waals surface area contributed by atoms with E-state index in [1.165, 1.54) is 0 Å². The average molecular weight is 227 g/mol. The molecule has 5 heteroatoms. The lowest BCUT2D eigenvalue weighted by molar-refractivity contribution is 0.109. The van der Waals surface area contributed by atoms with Crippen molar-refractivity contribution in [2.45, 2.75) is 0 Å². The Morgan fingerprint density at radius 3 is 3.17 bits per heavy atom. The van der Waals surface area contributed by atoms with E-state index in [-0.39, 0.29) is 5.89 Å². The fraction of sp³-hybridized carbons (Fsp3) is 0. The Hall–Kier alpha value is -1.23. The van der Waals surface area contributed by atoms with Gasteiger partial charge in [-0.15, -0.1) is 0 Å². The lowest BCUT2D eigenvalue weighted by Crippen LogP contribution is -1.75. The molecule has 0 radical (unpaired) electrons. The highest BCUT2D eigenvalue weighted by atomic mass is 79.9. The number of fused-ring (bicyclic) bond motifs is 1. The van der Waals surface area contributed by atoms with Crippen LogP contribution in [-0.4, -0.2) is 16.3 Å². The minimum Gasteiger partial charge on any atom is -0.415 e. The number of carbonyl (C=O) groups excluding carboxylic acids is 1. The van der Waals surface area contributed by atoms with E-state index in [0.717, 1.165) is 4.47 Å². The minimum absolute atomic E-state index is 0.0515. The summed E-state index contributed by atoms with van der Waals surface area (Å²) < 4.78 is 5.77. The highest BCUT2D eigenvalue weighted by molar-refractivity contribution is 9.10. The van der Waals surface area contributed by atoms with Crippen LogP contribution in [0, 0.1) is 0 Å². The van der Waals surface area contributed by atoms with E-state index in [1.807, 2.05) is 0 Å². The van der Waals surface area contributed by atoms with Crippen LogP contribution in [0.25, 0.3) is 11.2 Å². The summed E-state index contributed by atoms with van der Waals surface area (Å²) in [5, 5.41) is 0. The second kappa shape index (κ2) is 2.67. The highest BCUT2D eigenvalue weighted by Crippen LogP contribution is 2.16. The van der Waals surface area contributed by atoms with Gasteiger partial charge in [0.05, 0.1) is 0 Å². The van der Waals surface area contributed by atoms with Gasteiger partial charge in [0.15, 0.2) is 0 Å². The van der Waals surface area contributed by atoms with Gasteiger partial charge in [-0.2, -0.15) is 0 Å². The first kappa shape index (κ1) is 7.42. The normalized spacial score (nSPS) is 10.4. The van der Waals surface area contributed by atoms with Crippen molar-refractivity contribution in [3.8, 4) is 0 Å². The summed E-state index contributed by atoms with van der Waals surface area (Å²) in [4.78, 5) is 18.0. The van der Waals surface area contributed by atoms with Crippen LogP contribution in [0.5, 0.6) is 0 Å². The molecule has 0 amide bonds. The van der Waals surface area contributed by atoms with Gasteiger partial charge in [0, 0.05) is 10.7 Å². The molecule has 0 aliphatic heterocycles. The molecule has 0 atom stereocenters. The zero-order chi connectivity index (χ0) is 8.55. The van der Waals surface area contributed by atoms with Crippen molar-refractivity contribution in [1.82, 2.24) is 9.97 Å². The van der Waals surface area contributed by atoms with Crippen LogP contribution in [0.1, 0.15) is 10.7 Å². The molecule has 0 unspecified atom stereocenters. The van der Waals surface area contributed by atoms with Crippen LogP contribution in [0.15, 0.2) is 21.2 Å². The minimum atomic E-state index is 0.0515. The number of aromatic nitrogens is 2. The second-order valence-electron chi connectivity index (χ2n) is 2.15. The lowest BCUT2D eigenvalue weighted by Gasteiger charge is -1.85. The number of nitrogens with zero attached hydrogens (tertiary/aromatic N) is 2. The van der Waals surface area contributed by atoms with Crippen LogP contribution >= 0.6 is 15.9 Å². The summed E-state index contributed by atoms with van der Waals surface area (Å²) in [5.74, 6) is 0.0515. The largest absolute Gasteiger partial charge is 0.415 e. The predicted molar refractivity (Wildman–Crippen MR) is 44.9 cm³/mol. The topological polar surface area (TPSA) is 56.0 Å². The molecule has 0 fully saturated rings. The molecule has 0 spiro atoms. The Balaban J connectivity index is 2.75. The second-order valence-corrected chi connectivity index (χ2v) is 3.06. The van der Waals surface area contributed by atoms with E-state index in [4.69, 9.17) is 4.42 Å². The lowest BCUT2D eigenvalue weighted by atomic mass is 10.4. The molecule has 0 bridgehead atoms. The van der Waals surface area contributed by atoms with Gasteiger partial charge < -0.3 is 4.42 Å². The van der Waals surface area contributed by atoms with Crippen molar-refractivity contribution in [3.63, 3.8) is 0 Å². The molecule has 0 aromatic carbocycles. The van der Waals surface area contributed by atoms with Crippen LogP contribution in [0.4, 0.5) is 0 Å². The molecule has 0 saturated carbocycles. The van der Waals surface area contributed by atoms with Crippen LogP contribution in [0.2, 0.25) is 0 Å². The molecule has 4 nitrogen and oxygen atoms in total. The van der Waals surface area contributed by atoms with Crippen LogP contribution in [-0.2, 0) is 0 Å². The Morgan fingerprint density at radius 2 is 2.42 bits per heavy atom. The van der Waals surface area contributed by atoms with E-state index >= 15 is 0 Å². The van der Waals surface area contributed by atoms with E-state index in [9.17, 15) is 4.79 Å². The third-order valence-corrected chi connectivity index (χ3v) is 1.77. The third-order valence-electron chi connectivity index (χ3n) is 1.33. The Kier molecular flexibility index (Phi) is 1.65. The summed E-state index contributed by atoms with van der Waals surface area (Å²) in [6.07, 6.45) is 2.14. The SMILES string of the molecule is O=Cc1nc2cc(Br)cnc2o1. The number of oxazole rings is 1.